The third-order valence-corrected chi connectivity index (χ3v) is 5.80. The van der Waals surface area contributed by atoms with Crippen molar-refractivity contribution in [1.82, 2.24) is 4.31 Å². The van der Waals surface area contributed by atoms with E-state index in [-0.39, 0.29) is 10.6 Å². The summed E-state index contributed by atoms with van der Waals surface area (Å²) in [6.45, 7) is 0.873. The Bertz CT molecular complexity index is 772. The van der Waals surface area contributed by atoms with Crippen LogP contribution in [0.3, 0.4) is 0 Å². The summed E-state index contributed by atoms with van der Waals surface area (Å²) in [7, 11) is -3.67. The molecule has 1 heterocycles. The van der Waals surface area contributed by atoms with Crippen LogP contribution < -0.4 is 5.32 Å². The highest BCUT2D eigenvalue weighted by Gasteiger charge is 2.40. The smallest absolute Gasteiger partial charge is 0.360 e. The molecule has 1 N–H and O–H groups in total. The van der Waals surface area contributed by atoms with Gasteiger partial charge in [0.15, 0.2) is 0 Å². The maximum Gasteiger partial charge on any atom is 0.455 e. The van der Waals surface area contributed by atoms with Crippen LogP contribution in [-0.4, -0.2) is 37.8 Å². The number of carbonyl (C=O) groups excluding carboxylic acids is 1. The number of alkyl halides is 3. The quantitative estimate of drug-likeness (QED) is 0.774. The lowest BCUT2D eigenvalue weighted by atomic mass is 10.2. The highest BCUT2D eigenvalue weighted by atomic mass is 35.5. The molecular formula is C15H16ClF3N2O3S. The fourth-order valence-corrected chi connectivity index (χ4v) is 4.07. The number of nitrogens with zero attached hydrogens (tertiary/aromatic N) is 1. The van der Waals surface area contributed by atoms with Crippen LogP contribution in [0.1, 0.15) is 19.3 Å². The van der Waals surface area contributed by atoms with Gasteiger partial charge in [-0.2, -0.15) is 17.5 Å². The molecule has 0 saturated carbocycles. The molecule has 1 aromatic carbocycles. The number of nitrogens with one attached hydrogen (secondary N) is 1. The Balaban J connectivity index is 2.17. The molecule has 0 aromatic heterocycles. The molecular weight excluding hydrogens is 381 g/mol. The number of Topliss-reactive ketones (excluding diaryl/α,β-unsaturated/α-hetero) is 1. The molecule has 0 aliphatic carbocycles. The van der Waals surface area contributed by atoms with Crippen molar-refractivity contribution in [3.8, 4) is 0 Å². The molecule has 138 valence electrons. The predicted molar refractivity (Wildman–Crippen MR) is 87.7 cm³/mol. The fraction of sp³-hybridized carbons (Fsp3) is 0.400. The minimum Gasteiger partial charge on any atom is -0.360 e. The van der Waals surface area contributed by atoms with E-state index in [0.29, 0.717) is 19.3 Å². The minimum absolute atomic E-state index is 0.0195. The van der Waals surface area contributed by atoms with Crippen molar-refractivity contribution in [1.29, 1.82) is 0 Å². The van der Waals surface area contributed by atoms with Crippen LogP contribution in [0.25, 0.3) is 0 Å². The van der Waals surface area contributed by atoms with Crippen molar-refractivity contribution in [2.45, 2.75) is 30.3 Å². The van der Waals surface area contributed by atoms with Gasteiger partial charge < -0.3 is 5.32 Å². The van der Waals surface area contributed by atoms with E-state index < -0.39 is 27.0 Å². The lowest BCUT2D eigenvalue weighted by Gasteiger charge is -2.26. The number of sulfonamides is 1. The summed E-state index contributed by atoms with van der Waals surface area (Å²) in [4.78, 5) is 11.0. The predicted octanol–water partition coefficient (Wildman–Crippen LogP) is 3.48. The van der Waals surface area contributed by atoms with Gasteiger partial charge in [-0.05, 0) is 31.0 Å². The van der Waals surface area contributed by atoms with Gasteiger partial charge >= 0.3 is 6.18 Å². The molecule has 2 rings (SSSR count). The van der Waals surface area contributed by atoms with Crippen LogP contribution in [0.15, 0.2) is 40.4 Å². The number of hydrogen-bond donors (Lipinski definition) is 1. The standard InChI is InChI=1S/C15H16ClF3N2O3S/c16-13(14(22)15(17,18)19)10-20-11-5-4-6-12(9-11)25(23,24)21-7-2-1-3-8-21/h4-6,9-10,20H,1-3,7-8H2. The topological polar surface area (TPSA) is 66.5 Å². The number of benzene rings is 1. The van der Waals surface area contributed by atoms with Gasteiger partial charge in [0.05, 0.1) is 4.90 Å². The summed E-state index contributed by atoms with van der Waals surface area (Å²) in [6.07, 6.45) is -1.84. The third kappa shape index (κ3) is 4.96. The summed E-state index contributed by atoms with van der Waals surface area (Å²) in [5, 5.41) is 1.37. The summed E-state index contributed by atoms with van der Waals surface area (Å²) in [6, 6.07) is 5.59. The van der Waals surface area contributed by atoms with Crippen molar-refractivity contribution >= 4 is 33.1 Å². The molecule has 1 aliphatic rings. The molecule has 1 aliphatic heterocycles. The number of piperidine rings is 1. The van der Waals surface area contributed by atoms with Gasteiger partial charge in [0, 0.05) is 25.0 Å². The first-order valence-electron chi connectivity index (χ1n) is 7.46. The lowest BCUT2D eigenvalue weighted by Crippen LogP contribution is -2.35. The van der Waals surface area contributed by atoms with Crippen molar-refractivity contribution in [3.05, 3.63) is 35.5 Å². The molecule has 5 nitrogen and oxygen atoms in total. The number of ketones is 1. The van der Waals surface area contributed by atoms with E-state index in [4.69, 9.17) is 11.6 Å². The second kappa shape index (κ2) is 7.76. The average molecular weight is 397 g/mol. The van der Waals surface area contributed by atoms with E-state index >= 15 is 0 Å². The first-order valence-corrected chi connectivity index (χ1v) is 9.28. The van der Waals surface area contributed by atoms with Crippen molar-refractivity contribution in [2.24, 2.45) is 0 Å². The third-order valence-electron chi connectivity index (χ3n) is 3.63. The number of allylic oxidation sites excluding steroid dienone is 1. The van der Waals surface area contributed by atoms with Gasteiger partial charge in [-0.1, -0.05) is 24.1 Å². The molecule has 0 spiro atoms. The highest BCUT2D eigenvalue weighted by molar-refractivity contribution is 7.89. The Morgan fingerprint density at radius 1 is 1.20 bits per heavy atom. The zero-order chi connectivity index (χ0) is 18.7. The van der Waals surface area contributed by atoms with Gasteiger partial charge in [0.1, 0.15) is 5.03 Å². The summed E-state index contributed by atoms with van der Waals surface area (Å²) >= 11 is 5.32. The fourth-order valence-electron chi connectivity index (χ4n) is 2.35. The highest BCUT2D eigenvalue weighted by Crippen LogP contribution is 2.25. The molecule has 0 bridgehead atoms. The monoisotopic (exact) mass is 396 g/mol. The molecule has 10 heteroatoms. The van der Waals surface area contributed by atoms with Gasteiger partial charge in [-0.3, -0.25) is 4.79 Å². The van der Waals surface area contributed by atoms with E-state index in [9.17, 15) is 26.4 Å². The Morgan fingerprint density at radius 2 is 1.84 bits per heavy atom. The van der Waals surface area contributed by atoms with E-state index in [1.54, 1.807) is 0 Å². The van der Waals surface area contributed by atoms with Crippen LogP contribution in [0.2, 0.25) is 0 Å². The number of carbonyl (C=O) groups is 1. The van der Waals surface area contributed by atoms with E-state index in [2.05, 4.69) is 5.32 Å². The van der Waals surface area contributed by atoms with E-state index in [1.165, 1.54) is 28.6 Å². The number of anilines is 1. The summed E-state index contributed by atoms with van der Waals surface area (Å²) < 4.78 is 63.3. The molecule has 0 atom stereocenters. The van der Waals surface area contributed by atoms with Crippen LogP contribution in [0.5, 0.6) is 0 Å². The number of halogens is 4. The average Bonchev–Trinajstić information content (AvgIpc) is 2.59. The van der Waals surface area contributed by atoms with Gasteiger partial charge in [0.2, 0.25) is 10.0 Å². The molecule has 25 heavy (non-hydrogen) atoms. The Hall–Kier alpha value is -1.58. The van der Waals surface area contributed by atoms with Gasteiger partial charge in [-0.15, -0.1) is 0 Å². The van der Waals surface area contributed by atoms with Crippen LogP contribution >= 0.6 is 11.6 Å². The van der Waals surface area contributed by atoms with Crippen molar-refractivity contribution in [2.75, 3.05) is 18.4 Å². The lowest BCUT2D eigenvalue weighted by molar-refractivity contribution is -0.165. The second-order valence-corrected chi connectivity index (χ2v) is 7.80. The Labute approximate surface area is 148 Å². The van der Waals surface area contributed by atoms with E-state index in [1.807, 2.05) is 0 Å². The SMILES string of the molecule is O=C(C(Cl)=CNc1cccc(S(=O)(=O)N2CCCCC2)c1)C(F)(F)F. The summed E-state index contributed by atoms with van der Waals surface area (Å²) in [5.41, 5.74) is 0.200. The molecule has 1 saturated heterocycles. The maximum absolute atomic E-state index is 12.6. The van der Waals surface area contributed by atoms with Crippen LogP contribution in [0, 0.1) is 0 Å². The zero-order valence-corrected chi connectivity index (χ0v) is 14.6. The molecule has 1 fully saturated rings. The van der Waals surface area contributed by atoms with Gasteiger partial charge in [0.25, 0.3) is 5.78 Å². The first-order chi connectivity index (χ1) is 11.6. The zero-order valence-electron chi connectivity index (χ0n) is 13.0. The molecule has 1 aromatic rings. The minimum atomic E-state index is -5.07. The number of rotatable bonds is 5. The van der Waals surface area contributed by atoms with Crippen molar-refractivity contribution in [3.63, 3.8) is 0 Å². The Kier molecular flexibility index (Phi) is 6.12. The first kappa shape index (κ1) is 19.7. The molecule has 0 amide bonds. The van der Waals surface area contributed by atoms with Crippen LogP contribution in [-0.2, 0) is 14.8 Å². The largest absolute Gasteiger partial charge is 0.455 e. The van der Waals surface area contributed by atoms with Gasteiger partial charge in [-0.25, -0.2) is 8.42 Å². The number of hydrogen-bond acceptors (Lipinski definition) is 4. The van der Waals surface area contributed by atoms with Crippen molar-refractivity contribution < 1.29 is 26.4 Å². The molecule has 0 unspecified atom stereocenters. The maximum atomic E-state index is 12.6. The van der Waals surface area contributed by atoms with E-state index in [0.717, 1.165) is 19.3 Å². The molecule has 0 radical (unpaired) electrons. The normalized spacial score (nSPS) is 17.4. The second-order valence-electron chi connectivity index (χ2n) is 5.46. The summed E-state index contributed by atoms with van der Waals surface area (Å²) in [5.74, 6) is -2.18. The van der Waals surface area contributed by atoms with Crippen LogP contribution in [0.4, 0.5) is 18.9 Å². The Morgan fingerprint density at radius 3 is 2.44 bits per heavy atom.